The zero-order valence-corrected chi connectivity index (χ0v) is 12.8. The van der Waals surface area contributed by atoms with E-state index in [1.165, 1.54) is 6.07 Å². The zero-order chi connectivity index (χ0) is 15.6. The van der Waals surface area contributed by atoms with Gasteiger partial charge in [0.1, 0.15) is 10.7 Å². The molecule has 5 nitrogen and oxygen atoms in total. The van der Waals surface area contributed by atoms with Gasteiger partial charge < -0.3 is 10.2 Å². The van der Waals surface area contributed by atoms with Crippen LogP contribution in [0.4, 0.5) is 22.7 Å². The largest absolute Gasteiger partial charge is 0.377 e. The second-order valence-electron chi connectivity index (χ2n) is 4.91. The summed E-state index contributed by atoms with van der Waals surface area (Å²) in [7, 11) is 3.90. The van der Waals surface area contributed by atoms with E-state index in [9.17, 15) is 10.1 Å². The molecule has 0 heterocycles. The first-order valence-corrected chi connectivity index (χ1v) is 6.76. The Balaban J connectivity index is 2.42. The van der Waals surface area contributed by atoms with Crippen molar-refractivity contribution < 1.29 is 4.92 Å². The molecule has 0 radical (unpaired) electrons. The van der Waals surface area contributed by atoms with Crippen LogP contribution < -0.4 is 10.2 Å². The summed E-state index contributed by atoms with van der Waals surface area (Å²) in [5.74, 6) is 0. The Bertz CT molecular complexity index is 687. The Morgan fingerprint density at radius 1 is 1.24 bits per heavy atom. The SMILES string of the molecule is Cc1ccc(Nc2cccc(Cl)c2[N+](=O)[O-])cc1N(C)C. The van der Waals surface area contributed by atoms with Crippen LogP contribution in [0.15, 0.2) is 36.4 Å². The number of benzene rings is 2. The molecule has 2 aromatic carbocycles. The van der Waals surface area contributed by atoms with Gasteiger partial charge in [0.25, 0.3) is 0 Å². The third kappa shape index (κ3) is 3.25. The highest BCUT2D eigenvalue weighted by atomic mass is 35.5. The van der Waals surface area contributed by atoms with Crippen LogP contribution in [0.2, 0.25) is 5.02 Å². The number of para-hydroxylation sites is 1. The summed E-state index contributed by atoms with van der Waals surface area (Å²) in [5, 5.41) is 14.3. The van der Waals surface area contributed by atoms with Gasteiger partial charge in [-0.15, -0.1) is 0 Å². The number of anilines is 3. The molecule has 0 aromatic heterocycles. The lowest BCUT2D eigenvalue weighted by molar-refractivity contribution is -0.383. The van der Waals surface area contributed by atoms with Crippen molar-refractivity contribution in [2.45, 2.75) is 6.92 Å². The highest BCUT2D eigenvalue weighted by Gasteiger charge is 2.18. The Hall–Kier alpha value is -2.27. The summed E-state index contributed by atoms with van der Waals surface area (Å²) >= 11 is 5.91. The van der Waals surface area contributed by atoms with Crippen LogP contribution in [0.25, 0.3) is 0 Å². The number of halogens is 1. The van der Waals surface area contributed by atoms with E-state index >= 15 is 0 Å². The molecule has 21 heavy (non-hydrogen) atoms. The van der Waals surface area contributed by atoms with Crippen molar-refractivity contribution in [1.29, 1.82) is 0 Å². The van der Waals surface area contributed by atoms with Crippen molar-refractivity contribution in [3.63, 3.8) is 0 Å². The highest BCUT2D eigenvalue weighted by Crippen LogP contribution is 2.35. The smallest absolute Gasteiger partial charge is 0.311 e. The lowest BCUT2D eigenvalue weighted by Gasteiger charge is -2.17. The van der Waals surface area contributed by atoms with E-state index in [0.29, 0.717) is 5.69 Å². The molecule has 2 rings (SSSR count). The maximum absolute atomic E-state index is 11.1. The number of hydrogen-bond acceptors (Lipinski definition) is 4. The van der Waals surface area contributed by atoms with Crippen molar-refractivity contribution in [3.8, 4) is 0 Å². The van der Waals surface area contributed by atoms with Gasteiger partial charge in [-0.05, 0) is 36.8 Å². The van der Waals surface area contributed by atoms with Gasteiger partial charge in [0.15, 0.2) is 0 Å². The lowest BCUT2D eigenvalue weighted by atomic mass is 10.1. The van der Waals surface area contributed by atoms with Gasteiger partial charge in [-0.1, -0.05) is 23.7 Å². The van der Waals surface area contributed by atoms with E-state index in [2.05, 4.69) is 5.32 Å². The predicted octanol–water partition coefficient (Wildman–Crippen LogP) is 4.37. The Labute approximate surface area is 128 Å². The summed E-state index contributed by atoms with van der Waals surface area (Å²) in [6.07, 6.45) is 0. The third-order valence-electron chi connectivity index (χ3n) is 3.14. The standard InChI is InChI=1S/C15H16ClN3O2/c1-10-7-8-11(9-14(10)18(2)3)17-13-6-4-5-12(16)15(13)19(20)21/h4-9,17H,1-3H3. The Kier molecular flexibility index (Phi) is 4.33. The van der Waals surface area contributed by atoms with Gasteiger partial charge in [-0.3, -0.25) is 10.1 Å². The summed E-state index contributed by atoms with van der Waals surface area (Å²) in [5.41, 5.74) is 3.21. The van der Waals surface area contributed by atoms with E-state index in [-0.39, 0.29) is 10.7 Å². The minimum atomic E-state index is -0.480. The number of nitrogens with zero attached hydrogens (tertiary/aromatic N) is 2. The van der Waals surface area contributed by atoms with Crippen LogP contribution in [0, 0.1) is 17.0 Å². The molecule has 110 valence electrons. The maximum Gasteiger partial charge on any atom is 0.311 e. The fraction of sp³-hybridized carbons (Fsp3) is 0.200. The Morgan fingerprint density at radius 2 is 1.95 bits per heavy atom. The van der Waals surface area contributed by atoms with E-state index in [1.807, 2.05) is 44.1 Å². The number of nitro benzene ring substituents is 1. The molecule has 0 aliphatic heterocycles. The number of rotatable bonds is 4. The van der Waals surface area contributed by atoms with Crippen molar-refractivity contribution in [3.05, 3.63) is 57.1 Å². The molecule has 0 saturated heterocycles. The van der Waals surface area contributed by atoms with Gasteiger partial charge in [0, 0.05) is 25.5 Å². The minimum Gasteiger partial charge on any atom is -0.377 e. The monoisotopic (exact) mass is 305 g/mol. The average Bonchev–Trinajstić information content (AvgIpc) is 2.40. The molecule has 2 aromatic rings. The molecule has 6 heteroatoms. The molecular formula is C15H16ClN3O2. The molecule has 0 aliphatic rings. The summed E-state index contributed by atoms with van der Waals surface area (Å²) in [4.78, 5) is 12.6. The van der Waals surface area contributed by atoms with Crippen molar-refractivity contribution in [1.82, 2.24) is 0 Å². The number of nitro groups is 1. The molecular weight excluding hydrogens is 290 g/mol. The first-order chi connectivity index (χ1) is 9.90. The molecule has 0 saturated carbocycles. The maximum atomic E-state index is 11.1. The normalized spacial score (nSPS) is 10.3. The summed E-state index contributed by atoms with van der Waals surface area (Å²) < 4.78 is 0. The molecule has 1 N–H and O–H groups in total. The molecule has 0 aliphatic carbocycles. The van der Waals surface area contributed by atoms with E-state index in [4.69, 9.17) is 11.6 Å². The number of nitrogens with one attached hydrogen (secondary N) is 1. The number of aryl methyl sites for hydroxylation is 1. The predicted molar refractivity (Wildman–Crippen MR) is 86.9 cm³/mol. The quantitative estimate of drug-likeness (QED) is 0.673. The fourth-order valence-electron chi connectivity index (χ4n) is 2.13. The molecule has 0 unspecified atom stereocenters. The first kappa shape index (κ1) is 15.1. The van der Waals surface area contributed by atoms with Crippen LogP contribution in [-0.4, -0.2) is 19.0 Å². The molecule has 0 bridgehead atoms. The van der Waals surface area contributed by atoms with Crippen molar-refractivity contribution >= 4 is 34.4 Å². The third-order valence-corrected chi connectivity index (χ3v) is 3.44. The zero-order valence-electron chi connectivity index (χ0n) is 12.1. The van der Waals surface area contributed by atoms with Gasteiger partial charge in [-0.25, -0.2) is 0 Å². The van der Waals surface area contributed by atoms with Gasteiger partial charge in [-0.2, -0.15) is 0 Å². The molecule has 0 amide bonds. The van der Waals surface area contributed by atoms with E-state index in [1.54, 1.807) is 12.1 Å². The van der Waals surface area contributed by atoms with Crippen LogP contribution in [0.5, 0.6) is 0 Å². The molecule has 0 fully saturated rings. The van der Waals surface area contributed by atoms with Crippen molar-refractivity contribution in [2.75, 3.05) is 24.3 Å². The van der Waals surface area contributed by atoms with E-state index < -0.39 is 4.92 Å². The first-order valence-electron chi connectivity index (χ1n) is 6.38. The minimum absolute atomic E-state index is 0.116. The van der Waals surface area contributed by atoms with Gasteiger partial charge >= 0.3 is 5.69 Å². The van der Waals surface area contributed by atoms with Crippen LogP contribution in [0.3, 0.4) is 0 Å². The topological polar surface area (TPSA) is 58.4 Å². The lowest BCUT2D eigenvalue weighted by Crippen LogP contribution is -2.10. The second-order valence-corrected chi connectivity index (χ2v) is 5.32. The summed E-state index contributed by atoms with van der Waals surface area (Å²) in [6.45, 7) is 2.01. The van der Waals surface area contributed by atoms with Gasteiger partial charge in [0.2, 0.25) is 0 Å². The molecule has 0 atom stereocenters. The second kappa shape index (κ2) is 6.01. The average molecular weight is 306 g/mol. The van der Waals surface area contributed by atoms with Gasteiger partial charge in [0.05, 0.1) is 4.92 Å². The Morgan fingerprint density at radius 3 is 2.57 bits per heavy atom. The molecule has 0 spiro atoms. The fourth-order valence-corrected chi connectivity index (χ4v) is 2.37. The van der Waals surface area contributed by atoms with Crippen LogP contribution >= 0.6 is 11.6 Å². The summed E-state index contributed by atoms with van der Waals surface area (Å²) in [6, 6.07) is 10.6. The van der Waals surface area contributed by atoms with E-state index in [0.717, 1.165) is 16.9 Å². The van der Waals surface area contributed by atoms with Crippen molar-refractivity contribution in [2.24, 2.45) is 0 Å². The highest BCUT2D eigenvalue weighted by molar-refractivity contribution is 6.33. The number of hydrogen-bond donors (Lipinski definition) is 1. The van der Waals surface area contributed by atoms with Crippen LogP contribution in [-0.2, 0) is 0 Å². The van der Waals surface area contributed by atoms with Crippen LogP contribution in [0.1, 0.15) is 5.56 Å².